The van der Waals surface area contributed by atoms with Crippen molar-refractivity contribution in [2.45, 2.75) is 0 Å². The number of hydrogen-bond donors (Lipinski definition) is 0. The third-order valence-corrected chi connectivity index (χ3v) is 0. The van der Waals surface area contributed by atoms with Crippen LogP contribution in [0.1, 0.15) is 0 Å². The minimum absolute atomic E-state index is 0. The van der Waals surface area contributed by atoms with Gasteiger partial charge in [-0.3, -0.25) is 0 Å². The molecule has 0 radical (unpaired) electrons. The van der Waals surface area contributed by atoms with Crippen molar-refractivity contribution in [3.8, 4) is 0 Å². The van der Waals surface area contributed by atoms with Crippen LogP contribution in [0.25, 0.3) is 0 Å². The average molecular weight is 105 g/mol. The van der Waals surface area contributed by atoms with Crippen LogP contribution < -0.4 is 0 Å². The third-order valence-electron chi connectivity index (χ3n) is 0. The van der Waals surface area contributed by atoms with Gasteiger partial charge in [-0.2, -0.15) is 0 Å². The monoisotopic (exact) mass is 104 g/mol. The maximum Gasteiger partial charge on any atom is 0.0351 e. The summed E-state index contributed by atoms with van der Waals surface area (Å²) in [6.45, 7) is 0. The smallest absolute Gasteiger partial charge is 0.0351 e. The van der Waals surface area contributed by atoms with Gasteiger partial charge in [0.15, 0.2) is 0 Å². The van der Waals surface area contributed by atoms with Crippen molar-refractivity contribution in [2.75, 3.05) is 14.2 Å². The van der Waals surface area contributed by atoms with Crippen LogP contribution in [-0.4, -0.2) is 14.2 Å². The van der Waals surface area contributed by atoms with E-state index in [4.69, 9.17) is 0 Å². The molecule has 0 bridgehead atoms. The van der Waals surface area contributed by atoms with Gasteiger partial charge in [0.05, 0.1) is 0 Å². The first-order valence-electron chi connectivity index (χ1n) is 0.816. The first-order valence-corrected chi connectivity index (χ1v) is 0.816. The standard InChI is InChI=1S/C2H6O.Ni/c1-3-2;/h1-2H3;. The SMILES string of the molecule is COC.[Ni]. The summed E-state index contributed by atoms with van der Waals surface area (Å²) < 4.78 is 4.25. The molecule has 2 heteroatoms. The first-order chi connectivity index (χ1) is 1.41. The van der Waals surface area contributed by atoms with E-state index in [-0.39, 0.29) is 16.5 Å². The van der Waals surface area contributed by atoms with Crippen LogP contribution in [0.2, 0.25) is 0 Å². The van der Waals surface area contributed by atoms with Gasteiger partial charge in [-0.25, -0.2) is 0 Å². The fraction of sp³-hybridized carbons (Fsp3) is 1.00. The van der Waals surface area contributed by atoms with Gasteiger partial charge in [-0.05, 0) is 0 Å². The third kappa shape index (κ3) is 25.2. The maximum atomic E-state index is 4.25. The predicted octanol–water partition coefficient (Wildman–Crippen LogP) is 0.260. The molecule has 0 rings (SSSR count). The van der Waals surface area contributed by atoms with E-state index in [1.54, 1.807) is 14.2 Å². The normalized spacial score (nSPS) is 4.50. The molecule has 4 heavy (non-hydrogen) atoms. The molecule has 0 aromatic carbocycles. The molecule has 0 heterocycles. The number of hydrogen-bond acceptors (Lipinski definition) is 1. The Morgan fingerprint density at radius 3 is 1.25 bits per heavy atom. The van der Waals surface area contributed by atoms with E-state index in [1.165, 1.54) is 0 Å². The quantitative estimate of drug-likeness (QED) is 0.401. The summed E-state index contributed by atoms with van der Waals surface area (Å²) in [6, 6.07) is 0. The van der Waals surface area contributed by atoms with Crippen molar-refractivity contribution in [1.29, 1.82) is 0 Å². The van der Waals surface area contributed by atoms with E-state index in [2.05, 4.69) is 4.74 Å². The Hall–Kier alpha value is 0.454. The van der Waals surface area contributed by atoms with E-state index < -0.39 is 0 Å². The second-order valence-electron chi connectivity index (χ2n) is 0.408. The average Bonchev–Trinajstić information content (AvgIpc) is 0.918. The van der Waals surface area contributed by atoms with E-state index in [0.717, 1.165) is 0 Å². The zero-order valence-corrected chi connectivity index (χ0v) is 3.71. The first kappa shape index (κ1) is 8.82. The van der Waals surface area contributed by atoms with Gasteiger partial charge < -0.3 is 4.74 Å². The van der Waals surface area contributed by atoms with E-state index in [9.17, 15) is 0 Å². The molecular weight excluding hydrogens is 98.7 g/mol. The van der Waals surface area contributed by atoms with Crippen LogP contribution in [0, 0.1) is 0 Å². The molecule has 0 unspecified atom stereocenters. The van der Waals surface area contributed by atoms with Gasteiger partial charge in [0.1, 0.15) is 0 Å². The predicted molar refractivity (Wildman–Crippen MR) is 12.9 cm³/mol. The van der Waals surface area contributed by atoms with Gasteiger partial charge in [-0.15, -0.1) is 0 Å². The van der Waals surface area contributed by atoms with Gasteiger partial charge >= 0.3 is 0 Å². The summed E-state index contributed by atoms with van der Waals surface area (Å²) in [6.07, 6.45) is 0. The minimum Gasteiger partial charge on any atom is -0.388 e. The molecule has 0 aromatic heterocycles. The zero-order chi connectivity index (χ0) is 2.71. The molecule has 1 nitrogen and oxygen atoms in total. The van der Waals surface area contributed by atoms with Crippen LogP contribution in [-0.2, 0) is 21.2 Å². The van der Waals surface area contributed by atoms with Crippen LogP contribution >= 0.6 is 0 Å². The summed E-state index contributed by atoms with van der Waals surface area (Å²) in [5.41, 5.74) is 0. The Morgan fingerprint density at radius 2 is 1.25 bits per heavy atom. The van der Waals surface area contributed by atoms with Crippen molar-refractivity contribution in [3.05, 3.63) is 0 Å². The summed E-state index contributed by atoms with van der Waals surface area (Å²) in [5, 5.41) is 0. The van der Waals surface area contributed by atoms with Gasteiger partial charge in [-0.1, -0.05) is 0 Å². The summed E-state index contributed by atoms with van der Waals surface area (Å²) in [7, 11) is 3.25. The van der Waals surface area contributed by atoms with Crippen molar-refractivity contribution in [3.63, 3.8) is 0 Å². The Kier molecular flexibility index (Phi) is 21.7. The van der Waals surface area contributed by atoms with Crippen molar-refractivity contribution in [2.24, 2.45) is 0 Å². The minimum atomic E-state index is 0. The molecule has 0 amide bonds. The topological polar surface area (TPSA) is 9.23 Å². The summed E-state index contributed by atoms with van der Waals surface area (Å²) in [4.78, 5) is 0. The molecule has 30 valence electrons. The van der Waals surface area contributed by atoms with E-state index >= 15 is 0 Å². The molecule has 0 atom stereocenters. The summed E-state index contributed by atoms with van der Waals surface area (Å²) in [5.74, 6) is 0. The molecule has 0 aliphatic rings. The summed E-state index contributed by atoms with van der Waals surface area (Å²) >= 11 is 0. The van der Waals surface area contributed by atoms with E-state index in [0.29, 0.717) is 0 Å². The molecule has 0 aliphatic carbocycles. The largest absolute Gasteiger partial charge is 0.388 e. The Bertz CT molecular complexity index is 6.00. The molecule has 0 aliphatic heterocycles. The Balaban J connectivity index is 0. The van der Waals surface area contributed by atoms with Gasteiger partial charge in [0, 0.05) is 30.7 Å². The van der Waals surface area contributed by atoms with Gasteiger partial charge in [0.2, 0.25) is 0 Å². The van der Waals surface area contributed by atoms with Crippen LogP contribution in [0.4, 0.5) is 0 Å². The Labute approximate surface area is 36.3 Å². The van der Waals surface area contributed by atoms with Crippen LogP contribution in [0.5, 0.6) is 0 Å². The number of rotatable bonds is 0. The fourth-order valence-corrected chi connectivity index (χ4v) is 0. The maximum absolute atomic E-state index is 4.25. The molecule has 0 spiro atoms. The van der Waals surface area contributed by atoms with Crippen molar-refractivity contribution >= 4 is 0 Å². The fourth-order valence-electron chi connectivity index (χ4n) is 0. The Morgan fingerprint density at radius 1 is 1.25 bits per heavy atom. The zero-order valence-electron chi connectivity index (χ0n) is 2.72. The molecule has 0 N–H and O–H groups in total. The molecule has 0 aromatic rings. The molecule has 0 fully saturated rings. The van der Waals surface area contributed by atoms with Crippen molar-refractivity contribution < 1.29 is 21.2 Å². The van der Waals surface area contributed by atoms with Gasteiger partial charge in [0.25, 0.3) is 0 Å². The number of ether oxygens (including phenoxy) is 1. The number of methoxy groups -OCH3 is 1. The van der Waals surface area contributed by atoms with E-state index in [1.807, 2.05) is 0 Å². The second-order valence-corrected chi connectivity index (χ2v) is 0.408. The molecule has 0 saturated carbocycles. The second kappa shape index (κ2) is 9.84. The van der Waals surface area contributed by atoms with Crippen LogP contribution in [0.3, 0.4) is 0 Å². The molecular formula is C2H6NiO. The van der Waals surface area contributed by atoms with Crippen LogP contribution in [0.15, 0.2) is 0 Å². The molecule has 0 saturated heterocycles. The van der Waals surface area contributed by atoms with Crippen molar-refractivity contribution in [1.82, 2.24) is 0 Å².